The number of amides is 1. The molecule has 0 bridgehead atoms. The molecule has 0 radical (unpaired) electrons. The fourth-order valence-electron chi connectivity index (χ4n) is 2.81. The second-order valence-corrected chi connectivity index (χ2v) is 5.98. The molecule has 6 nitrogen and oxygen atoms in total. The summed E-state index contributed by atoms with van der Waals surface area (Å²) in [7, 11) is 1.26. The molecule has 0 saturated heterocycles. The smallest absolute Gasteiger partial charge is 0.306 e. The molecule has 1 aromatic heterocycles. The Balaban J connectivity index is 2.02. The minimum absolute atomic E-state index is 0.0536. The number of benzene rings is 2. The highest BCUT2D eigenvalue weighted by atomic mass is 16.5. The van der Waals surface area contributed by atoms with E-state index in [4.69, 9.17) is 4.42 Å². The summed E-state index contributed by atoms with van der Waals surface area (Å²) in [6.45, 7) is 0. The molecule has 1 heterocycles. The summed E-state index contributed by atoms with van der Waals surface area (Å²) >= 11 is 0. The molecular weight excluding hydrogens is 356 g/mol. The number of anilines is 1. The molecular formula is C22H18N2O4. The average molecular weight is 374 g/mol. The molecule has 3 aromatic rings. The maximum Gasteiger partial charge on any atom is 0.306 e. The van der Waals surface area contributed by atoms with Crippen LogP contribution in [0.3, 0.4) is 0 Å². The molecule has 1 N–H and O–H groups in total. The van der Waals surface area contributed by atoms with Crippen LogP contribution in [0.25, 0.3) is 22.5 Å². The van der Waals surface area contributed by atoms with Gasteiger partial charge in [0.15, 0.2) is 0 Å². The predicted molar refractivity (Wildman–Crippen MR) is 104 cm³/mol. The molecule has 6 heteroatoms. The van der Waals surface area contributed by atoms with Crippen molar-refractivity contribution in [1.82, 2.24) is 0 Å². The van der Waals surface area contributed by atoms with Crippen LogP contribution in [0.15, 0.2) is 65.1 Å². The Labute approximate surface area is 162 Å². The van der Waals surface area contributed by atoms with Crippen LogP contribution in [0.4, 0.5) is 5.88 Å². The van der Waals surface area contributed by atoms with Crippen molar-refractivity contribution in [3.63, 3.8) is 0 Å². The lowest BCUT2D eigenvalue weighted by Crippen LogP contribution is -2.14. The third-order valence-corrected chi connectivity index (χ3v) is 4.16. The zero-order chi connectivity index (χ0) is 19.9. The lowest BCUT2D eigenvalue weighted by molar-refractivity contribution is -0.141. The summed E-state index contributed by atoms with van der Waals surface area (Å²) < 4.78 is 10.5. The minimum Gasteiger partial charge on any atom is -0.469 e. The van der Waals surface area contributed by atoms with Gasteiger partial charge in [-0.25, -0.2) is 0 Å². The van der Waals surface area contributed by atoms with Crippen LogP contribution in [-0.2, 0) is 14.3 Å². The third kappa shape index (κ3) is 4.10. The molecule has 0 saturated carbocycles. The number of nitriles is 1. The van der Waals surface area contributed by atoms with Crippen LogP contribution in [0.1, 0.15) is 18.4 Å². The van der Waals surface area contributed by atoms with E-state index in [1.54, 1.807) is 0 Å². The van der Waals surface area contributed by atoms with E-state index < -0.39 is 11.9 Å². The monoisotopic (exact) mass is 374 g/mol. The normalized spacial score (nSPS) is 10.1. The van der Waals surface area contributed by atoms with E-state index in [0.29, 0.717) is 11.3 Å². The summed E-state index contributed by atoms with van der Waals surface area (Å²) in [5.74, 6) is -0.360. The topological polar surface area (TPSA) is 92.3 Å². The first-order valence-electron chi connectivity index (χ1n) is 8.68. The van der Waals surface area contributed by atoms with Gasteiger partial charge in [-0.15, -0.1) is 0 Å². The Morgan fingerprint density at radius 1 is 1.00 bits per heavy atom. The summed E-state index contributed by atoms with van der Waals surface area (Å²) in [5, 5.41) is 12.4. The van der Waals surface area contributed by atoms with Crippen molar-refractivity contribution in [3.8, 4) is 28.5 Å². The van der Waals surface area contributed by atoms with Crippen LogP contribution in [0, 0.1) is 11.3 Å². The maximum absolute atomic E-state index is 12.2. The number of hydrogen-bond donors (Lipinski definition) is 1. The Morgan fingerprint density at radius 3 is 2.18 bits per heavy atom. The summed E-state index contributed by atoms with van der Waals surface area (Å²) in [6.07, 6.45) is -0.123. The first kappa shape index (κ1) is 18.9. The number of methoxy groups -OCH3 is 1. The molecule has 0 aliphatic heterocycles. The molecule has 0 spiro atoms. The zero-order valence-corrected chi connectivity index (χ0v) is 15.3. The highest BCUT2D eigenvalue weighted by Crippen LogP contribution is 2.41. The van der Waals surface area contributed by atoms with Gasteiger partial charge in [0.05, 0.1) is 13.5 Å². The molecule has 0 atom stereocenters. The van der Waals surface area contributed by atoms with Crippen LogP contribution >= 0.6 is 0 Å². The number of furan rings is 1. The van der Waals surface area contributed by atoms with Gasteiger partial charge < -0.3 is 9.15 Å². The van der Waals surface area contributed by atoms with E-state index in [2.05, 4.69) is 16.1 Å². The van der Waals surface area contributed by atoms with Gasteiger partial charge in [0.1, 0.15) is 17.4 Å². The number of hydrogen-bond acceptors (Lipinski definition) is 5. The molecule has 1 amide bonds. The van der Waals surface area contributed by atoms with Crippen molar-refractivity contribution in [3.05, 3.63) is 66.2 Å². The number of ether oxygens (including phenoxy) is 1. The fourth-order valence-corrected chi connectivity index (χ4v) is 2.81. The van der Waals surface area contributed by atoms with Crippen LogP contribution in [0.2, 0.25) is 0 Å². The number of carbonyl (C=O) groups excluding carboxylic acids is 2. The van der Waals surface area contributed by atoms with Gasteiger partial charge in [-0.3, -0.25) is 14.9 Å². The Morgan fingerprint density at radius 2 is 1.61 bits per heavy atom. The molecule has 0 aliphatic carbocycles. The molecule has 28 heavy (non-hydrogen) atoms. The Kier molecular flexibility index (Phi) is 5.87. The molecule has 0 unspecified atom stereocenters. The highest BCUT2D eigenvalue weighted by Gasteiger charge is 2.24. The van der Waals surface area contributed by atoms with Crippen molar-refractivity contribution < 1.29 is 18.7 Å². The van der Waals surface area contributed by atoms with E-state index in [1.807, 2.05) is 60.7 Å². The number of nitrogens with zero attached hydrogens (tertiary/aromatic N) is 1. The number of nitrogens with one attached hydrogen (secondary N) is 1. The van der Waals surface area contributed by atoms with Crippen LogP contribution < -0.4 is 5.32 Å². The van der Waals surface area contributed by atoms with Crippen molar-refractivity contribution in [2.45, 2.75) is 12.8 Å². The summed E-state index contributed by atoms with van der Waals surface area (Å²) in [6, 6.07) is 20.9. The lowest BCUT2D eigenvalue weighted by atomic mass is 9.98. The van der Waals surface area contributed by atoms with E-state index in [9.17, 15) is 14.9 Å². The Bertz CT molecular complexity index is 1020. The van der Waals surface area contributed by atoms with Crippen LogP contribution in [-0.4, -0.2) is 19.0 Å². The van der Waals surface area contributed by atoms with Gasteiger partial charge in [-0.05, 0) is 5.56 Å². The molecule has 0 fully saturated rings. The van der Waals surface area contributed by atoms with Gasteiger partial charge in [0.2, 0.25) is 11.8 Å². The van der Waals surface area contributed by atoms with Crippen molar-refractivity contribution >= 4 is 17.8 Å². The zero-order valence-electron chi connectivity index (χ0n) is 15.3. The number of carbonyl (C=O) groups is 2. The average Bonchev–Trinajstić information content (AvgIpc) is 3.11. The first-order chi connectivity index (χ1) is 13.6. The second-order valence-electron chi connectivity index (χ2n) is 5.98. The summed E-state index contributed by atoms with van der Waals surface area (Å²) in [5.41, 5.74) is 2.43. The number of esters is 1. The summed E-state index contributed by atoms with van der Waals surface area (Å²) in [4.78, 5) is 23.4. The first-order valence-corrected chi connectivity index (χ1v) is 8.68. The molecule has 2 aromatic carbocycles. The number of rotatable bonds is 6. The van der Waals surface area contributed by atoms with Gasteiger partial charge in [-0.1, -0.05) is 60.7 Å². The van der Waals surface area contributed by atoms with Crippen molar-refractivity contribution in [2.24, 2.45) is 0 Å². The van der Waals surface area contributed by atoms with Crippen molar-refractivity contribution in [1.29, 1.82) is 5.26 Å². The molecule has 140 valence electrons. The quantitative estimate of drug-likeness (QED) is 0.647. The SMILES string of the molecule is COC(=O)CCC(=O)Nc1oc(-c2ccccc2)c(-c2ccccc2)c1C#N. The predicted octanol–water partition coefficient (Wildman–Crippen LogP) is 4.38. The van der Waals surface area contributed by atoms with E-state index in [0.717, 1.165) is 11.1 Å². The van der Waals surface area contributed by atoms with Gasteiger partial charge in [0.25, 0.3) is 0 Å². The fraction of sp³-hybridized carbons (Fsp3) is 0.136. The van der Waals surface area contributed by atoms with E-state index in [-0.39, 0.29) is 24.3 Å². The van der Waals surface area contributed by atoms with Crippen molar-refractivity contribution in [2.75, 3.05) is 12.4 Å². The standard InChI is InChI=1S/C22H18N2O4/c1-27-19(26)13-12-18(25)24-22-17(14-23)20(15-8-4-2-5-9-15)21(28-22)16-10-6-3-7-11-16/h2-11H,12-13H2,1H3,(H,24,25). The van der Waals surface area contributed by atoms with Gasteiger partial charge >= 0.3 is 5.97 Å². The van der Waals surface area contributed by atoms with E-state index >= 15 is 0 Å². The highest BCUT2D eigenvalue weighted by molar-refractivity contribution is 5.96. The largest absolute Gasteiger partial charge is 0.469 e. The lowest BCUT2D eigenvalue weighted by Gasteiger charge is -2.03. The van der Waals surface area contributed by atoms with Crippen LogP contribution in [0.5, 0.6) is 0 Å². The molecule has 3 rings (SSSR count). The van der Waals surface area contributed by atoms with Gasteiger partial charge in [-0.2, -0.15) is 5.26 Å². The third-order valence-electron chi connectivity index (χ3n) is 4.16. The van der Waals surface area contributed by atoms with E-state index in [1.165, 1.54) is 7.11 Å². The maximum atomic E-state index is 12.2. The van der Waals surface area contributed by atoms with Gasteiger partial charge in [0, 0.05) is 17.5 Å². The minimum atomic E-state index is -0.481. The second kappa shape index (κ2) is 8.69. The molecule has 0 aliphatic rings. The Hall–Kier alpha value is -3.85.